The van der Waals surface area contributed by atoms with Crippen molar-refractivity contribution in [1.82, 2.24) is 4.90 Å². The Balaban J connectivity index is 1.96. The van der Waals surface area contributed by atoms with Gasteiger partial charge in [-0.1, -0.05) is 29.3 Å². The molecular formula is C18H18Cl2N2O3S. The van der Waals surface area contributed by atoms with E-state index in [4.69, 9.17) is 23.2 Å². The molecule has 0 bridgehead atoms. The number of likely N-dealkylation sites (tertiary alicyclic amines) is 1. The highest BCUT2D eigenvalue weighted by molar-refractivity contribution is 7.92. The third kappa shape index (κ3) is 3.98. The zero-order valence-electron chi connectivity index (χ0n) is 14.1. The van der Waals surface area contributed by atoms with Gasteiger partial charge >= 0.3 is 0 Å². The number of hydrogen-bond acceptors (Lipinski definition) is 3. The molecule has 0 atom stereocenters. The lowest BCUT2D eigenvalue weighted by Crippen LogP contribution is -2.29. The number of nitrogens with one attached hydrogen (secondary N) is 1. The average Bonchev–Trinajstić information content (AvgIpc) is 3.12. The van der Waals surface area contributed by atoms with Crippen molar-refractivity contribution in [1.29, 1.82) is 0 Å². The van der Waals surface area contributed by atoms with Crippen LogP contribution in [-0.4, -0.2) is 32.3 Å². The molecule has 0 aliphatic carbocycles. The number of hydrogen-bond donors (Lipinski definition) is 1. The normalized spacial score (nSPS) is 14.5. The van der Waals surface area contributed by atoms with E-state index in [0.29, 0.717) is 23.1 Å². The van der Waals surface area contributed by atoms with Crippen LogP contribution in [0.5, 0.6) is 0 Å². The quantitative estimate of drug-likeness (QED) is 0.811. The van der Waals surface area contributed by atoms with Gasteiger partial charge in [0.2, 0.25) is 0 Å². The fourth-order valence-electron chi connectivity index (χ4n) is 2.82. The van der Waals surface area contributed by atoms with Crippen molar-refractivity contribution in [2.45, 2.75) is 24.7 Å². The number of carbonyl (C=O) groups is 1. The average molecular weight is 413 g/mol. The summed E-state index contributed by atoms with van der Waals surface area (Å²) in [5, 5.41) is 0.728. The van der Waals surface area contributed by atoms with Crippen molar-refractivity contribution in [2.24, 2.45) is 0 Å². The van der Waals surface area contributed by atoms with E-state index in [0.717, 1.165) is 18.4 Å². The van der Waals surface area contributed by atoms with Gasteiger partial charge in [0.1, 0.15) is 0 Å². The van der Waals surface area contributed by atoms with Crippen LogP contribution < -0.4 is 4.72 Å². The predicted octanol–water partition coefficient (Wildman–Crippen LogP) is 4.34. The standard InChI is InChI=1S/C18H18Cl2N2O3S/c1-12-4-6-14(11-16(12)20)26(24,25)21-17-7-5-13(19)10-15(17)18(23)22-8-2-3-9-22/h4-7,10-11,21H,2-3,8-9H2,1H3. The Morgan fingerprint density at radius 2 is 1.77 bits per heavy atom. The third-order valence-corrected chi connectivity index (χ3v) is 6.31. The first-order valence-corrected chi connectivity index (χ1v) is 10.4. The van der Waals surface area contributed by atoms with Crippen molar-refractivity contribution in [3.63, 3.8) is 0 Å². The summed E-state index contributed by atoms with van der Waals surface area (Å²) in [6.45, 7) is 3.11. The summed E-state index contributed by atoms with van der Waals surface area (Å²) in [5.74, 6) is -0.232. The number of aryl methyl sites for hydroxylation is 1. The van der Waals surface area contributed by atoms with E-state index in [1.54, 1.807) is 24.0 Å². The van der Waals surface area contributed by atoms with E-state index in [2.05, 4.69) is 4.72 Å². The molecule has 0 unspecified atom stereocenters. The molecule has 138 valence electrons. The fourth-order valence-corrected chi connectivity index (χ4v) is 4.34. The number of amides is 1. The first kappa shape index (κ1) is 19.0. The van der Waals surface area contributed by atoms with Crippen molar-refractivity contribution in [2.75, 3.05) is 17.8 Å². The van der Waals surface area contributed by atoms with Crippen LogP contribution in [0.25, 0.3) is 0 Å². The molecule has 1 amide bonds. The lowest BCUT2D eigenvalue weighted by Gasteiger charge is -2.19. The zero-order chi connectivity index (χ0) is 18.9. The van der Waals surface area contributed by atoms with Crippen LogP contribution in [0.4, 0.5) is 5.69 Å². The molecule has 5 nitrogen and oxygen atoms in total. The van der Waals surface area contributed by atoms with Crippen LogP contribution in [0, 0.1) is 6.92 Å². The molecule has 1 saturated heterocycles. The van der Waals surface area contributed by atoms with Crippen molar-refractivity contribution < 1.29 is 13.2 Å². The fraction of sp³-hybridized carbons (Fsp3) is 0.278. The molecule has 0 spiro atoms. The monoisotopic (exact) mass is 412 g/mol. The summed E-state index contributed by atoms with van der Waals surface area (Å²) >= 11 is 12.1. The maximum absolute atomic E-state index is 12.8. The summed E-state index contributed by atoms with van der Waals surface area (Å²) in [5.41, 5.74) is 1.21. The van der Waals surface area contributed by atoms with Gasteiger partial charge in [0.25, 0.3) is 15.9 Å². The number of carbonyl (C=O) groups excluding carboxylic acids is 1. The van der Waals surface area contributed by atoms with Crippen molar-refractivity contribution in [3.8, 4) is 0 Å². The highest BCUT2D eigenvalue weighted by atomic mass is 35.5. The zero-order valence-corrected chi connectivity index (χ0v) is 16.5. The Kier molecular flexibility index (Phi) is 5.46. The number of nitrogens with zero attached hydrogens (tertiary/aromatic N) is 1. The van der Waals surface area contributed by atoms with Gasteiger partial charge in [-0.15, -0.1) is 0 Å². The number of rotatable bonds is 4. The smallest absolute Gasteiger partial charge is 0.261 e. The first-order valence-electron chi connectivity index (χ1n) is 8.16. The SMILES string of the molecule is Cc1ccc(S(=O)(=O)Nc2ccc(Cl)cc2C(=O)N2CCCC2)cc1Cl. The summed E-state index contributed by atoms with van der Waals surface area (Å²) < 4.78 is 27.9. The molecule has 8 heteroatoms. The molecule has 1 aliphatic heterocycles. The van der Waals surface area contributed by atoms with Gasteiger partial charge < -0.3 is 4.90 Å². The minimum Gasteiger partial charge on any atom is -0.339 e. The van der Waals surface area contributed by atoms with Crippen molar-refractivity contribution in [3.05, 3.63) is 57.6 Å². The minimum atomic E-state index is -3.89. The third-order valence-electron chi connectivity index (χ3n) is 4.30. The second-order valence-corrected chi connectivity index (χ2v) is 8.73. The Bertz CT molecular complexity index is 955. The summed E-state index contributed by atoms with van der Waals surface area (Å²) in [4.78, 5) is 14.5. The topological polar surface area (TPSA) is 66.5 Å². The van der Waals surface area contributed by atoms with Gasteiger partial charge in [-0.2, -0.15) is 0 Å². The van der Waals surface area contributed by atoms with Gasteiger partial charge in [-0.05, 0) is 55.7 Å². The van der Waals surface area contributed by atoms with Crippen LogP contribution >= 0.6 is 23.2 Å². The lowest BCUT2D eigenvalue weighted by atomic mass is 10.1. The van der Waals surface area contributed by atoms with Gasteiger partial charge in [-0.25, -0.2) is 8.42 Å². The van der Waals surface area contributed by atoms with E-state index in [1.165, 1.54) is 24.3 Å². The van der Waals surface area contributed by atoms with E-state index in [9.17, 15) is 13.2 Å². The maximum atomic E-state index is 12.8. The molecule has 3 rings (SSSR count). The van der Waals surface area contributed by atoms with Crippen molar-refractivity contribution >= 4 is 44.8 Å². The van der Waals surface area contributed by atoms with Crippen LogP contribution in [0.2, 0.25) is 10.0 Å². The predicted molar refractivity (Wildman–Crippen MR) is 104 cm³/mol. The molecule has 0 aromatic heterocycles. The Labute approximate surface area is 163 Å². The molecule has 1 heterocycles. The molecule has 0 radical (unpaired) electrons. The summed E-state index contributed by atoms with van der Waals surface area (Å²) in [6.07, 6.45) is 1.88. The van der Waals surface area contributed by atoms with Gasteiger partial charge in [0, 0.05) is 23.1 Å². The summed E-state index contributed by atoms with van der Waals surface area (Å²) in [7, 11) is -3.89. The number of sulfonamides is 1. The Hall–Kier alpha value is -1.76. The lowest BCUT2D eigenvalue weighted by molar-refractivity contribution is 0.0794. The van der Waals surface area contributed by atoms with Crippen LogP contribution in [0.3, 0.4) is 0 Å². The van der Waals surface area contributed by atoms with E-state index >= 15 is 0 Å². The van der Waals surface area contributed by atoms with Crippen LogP contribution in [0.1, 0.15) is 28.8 Å². The largest absolute Gasteiger partial charge is 0.339 e. The molecule has 1 aliphatic rings. The summed E-state index contributed by atoms with van der Waals surface area (Å²) in [6, 6.07) is 9.02. The molecule has 2 aromatic carbocycles. The molecule has 26 heavy (non-hydrogen) atoms. The first-order chi connectivity index (χ1) is 12.3. The van der Waals surface area contributed by atoms with E-state index < -0.39 is 10.0 Å². The van der Waals surface area contributed by atoms with Gasteiger partial charge in [0.15, 0.2) is 0 Å². The highest BCUT2D eigenvalue weighted by Gasteiger charge is 2.24. The maximum Gasteiger partial charge on any atom is 0.261 e. The Morgan fingerprint density at radius 3 is 2.42 bits per heavy atom. The number of benzene rings is 2. The van der Waals surface area contributed by atoms with Crippen LogP contribution in [0.15, 0.2) is 41.3 Å². The van der Waals surface area contributed by atoms with Gasteiger partial charge in [-0.3, -0.25) is 9.52 Å². The minimum absolute atomic E-state index is 0.0302. The van der Waals surface area contributed by atoms with E-state index in [-0.39, 0.29) is 22.1 Å². The second kappa shape index (κ2) is 7.47. The number of anilines is 1. The van der Waals surface area contributed by atoms with Crippen LogP contribution in [-0.2, 0) is 10.0 Å². The van der Waals surface area contributed by atoms with E-state index in [1.807, 2.05) is 0 Å². The Morgan fingerprint density at radius 1 is 1.08 bits per heavy atom. The molecule has 0 saturated carbocycles. The molecule has 2 aromatic rings. The highest BCUT2D eigenvalue weighted by Crippen LogP contribution is 2.27. The molecule has 1 fully saturated rings. The van der Waals surface area contributed by atoms with Gasteiger partial charge in [0.05, 0.1) is 16.1 Å². The molecule has 1 N–H and O–H groups in total. The number of halogens is 2. The molecular weight excluding hydrogens is 395 g/mol. The second-order valence-electron chi connectivity index (χ2n) is 6.21.